The Labute approximate surface area is 138 Å². The summed E-state index contributed by atoms with van der Waals surface area (Å²) in [4.78, 5) is 12.6. The molecule has 2 aromatic carbocycles. The van der Waals surface area contributed by atoms with E-state index in [0.717, 1.165) is 41.8 Å². The van der Waals surface area contributed by atoms with Crippen LogP contribution in [0.25, 0.3) is 6.08 Å². The van der Waals surface area contributed by atoms with Crippen molar-refractivity contribution in [3.8, 4) is 5.75 Å². The summed E-state index contributed by atoms with van der Waals surface area (Å²) in [5.74, 6) is 0.724. The second-order valence-corrected chi connectivity index (χ2v) is 5.37. The molecule has 120 valence electrons. The number of hydrogen-bond donors (Lipinski definition) is 1. The molecule has 1 N–H and O–H groups in total. The van der Waals surface area contributed by atoms with Crippen LogP contribution in [0.3, 0.4) is 0 Å². The molecule has 0 radical (unpaired) electrons. The van der Waals surface area contributed by atoms with Crippen molar-refractivity contribution < 1.29 is 9.53 Å². The van der Waals surface area contributed by atoms with E-state index in [9.17, 15) is 4.79 Å². The van der Waals surface area contributed by atoms with Crippen molar-refractivity contribution in [2.75, 3.05) is 12.4 Å². The molecule has 3 heteroatoms. The standard InChI is InChI=1S/C20H23NO2/c1-3-4-10-17(15-16-8-6-5-7-9-16)20(22)21-18-11-13-19(23-2)14-12-18/h5-9,11-15H,3-4,10H2,1-2H3,(H,21,22)/b17-15+. The summed E-state index contributed by atoms with van der Waals surface area (Å²) in [5, 5.41) is 2.96. The van der Waals surface area contributed by atoms with E-state index in [1.54, 1.807) is 7.11 Å². The Morgan fingerprint density at radius 3 is 2.39 bits per heavy atom. The molecule has 0 spiro atoms. The molecule has 0 aliphatic heterocycles. The minimum atomic E-state index is -0.0486. The van der Waals surface area contributed by atoms with Crippen LogP contribution < -0.4 is 10.1 Å². The minimum absolute atomic E-state index is 0.0486. The van der Waals surface area contributed by atoms with Gasteiger partial charge in [-0.25, -0.2) is 0 Å². The topological polar surface area (TPSA) is 38.3 Å². The molecule has 0 unspecified atom stereocenters. The molecule has 2 rings (SSSR count). The van der Waals surface area contributed by atoms with Gasteiger partial charge in [0.05, 0.1) is 7.11 Å². The van der Waals surface area contributed by atoms with Crippen LogP contribution in [-0.2, 0) is 4.79 Å². The lowest BCUT2D eigenvalue weighted by Crippen LogP contribution is -2.14. The van der Waals surface area contributed by atoms with Gasteiger partial charge in [-0.3, -0.25) is 4.79 Å². The van der Waals surface area contributed by atoms with Gasteiger partial charge < -0.3 is 10.1 Å². The van der Waals surface area contributed by atoms with Gasteiger partial charge >= 0.3 is 0 Å². The minimum Gasteiger partial charge on any atom is -0.497 e. The molecule has 0 fully saturated rings. The van der Waals surface area contributed by atoms with Crippen molar-refractivity contribution in [3.05, 3.63) is 65.7 Å². The number of anilines is 1. The first-order chi connectivity index (χ1) is 11.2. The van der Waals surface area contributed by atoms with E-state index in [1.165, 1.54) is 0 Å². The van der Waals surface area contributed by atoms with E-state index in [-0.39, 0.29) is 5.91 Å². The Balaban J connectivity index is 2.14. The van der Waals surface area contributed by atoms with Crippen LogP contribution in [0.5, 0.6) is 5.75 Å². The van der Waals surface area contributed by atoms with Crippen molar-refractivity contribution in [1.82, 2.24) is 0 Å². The molecule has 0 heterocycles. The molecule has 2 aromatic rings. The lowest BCUT2D eigenvalue weighted by molar-refractivity contribution is -0.112. The fourth-order valence-electron chi connectivity index (χ4n) is 2.25. The van der Waals surface area contributed by atoms with Gasteiger partial charge in [-0.1, -0.05) is 43.7 Å². The number of amides is 1. The number of methoxy groups -OCH3 is 1. The summed E-state index contributed by atoms with van der Waals surface area (Å²) in [5.41, 5.74) is 2.61. The zero-order valence-corrected chi connectivity index (χ0v) is 13.7. The number of carbonyl (C=O) groups excluding carboxylic acids is 1. The summed E-state index contributed by atoms with van der Waals surface area (Å²) < 4.78 is 5.13. The SMILES string of the molecule is CCCC/C(=C\c1ccccc1)C(=O)Nc1ccc(OC)cc1. The van der Waals surface area contributed by atoms with Gasteiger partial charge in [-0.05, 0) is 48.7 Å². The molecule has 0 atom stereocenters. The Morgan fingerprint density at radius 1 is 1.09 bits per heavy atom. The number of rotatable bonds is 7. The first-order valence-electron chi connectivity index (χ1n) is 7.94. The van der Waals surface area contributed by atoms with Gasteiger partial charge in [0, 0.05) is 11.3 Å². The van der Waals surface area contributed by atoms with Crippen LogP contribution in [-0.4, -0.2) is 13.0 Å². The molecule has 3 nitrogen and oxygen atoms in total. The molecule has 0 saturated carbocycles. The molecule has 1 amide bonds. The number of hydrogen-bond acceptors (Lipinski definition) is 2. The average molecular weight is 309 g/mol. The fraction of sp³-hybridized carbons (Fsp3) is 0.250. The Bertz CT molecular complexity index is 645. The average Bonchev–Trinajstić information content (AvgIpc) is 2.60. The lowest BCUT2D eigenvalue weighted by atomic mass is 10.0. The first-order valence-corrected chi connectivity index (χ1v) is 7.94. The number of benzene rings is 2. The highest BCUT2D eigenvalue weighted by Gasteiger charge is 2.10. The van der Waals surface area contributed by atoms with E-state index in [1.807, 2.05) is 60.7 Å². The molecule has 0 bridgehead atoms. The van der Waals surface area contributed by atoms with Crippen LogP contribution >= 0.6 is 0 Å². The van der Waals surface area contributed by atoms with Crippen molar-refractivity contribution in [2.24, 2.45) is 0 Å². The van der Waals surface area contributed by atoms with Crippen molar-refractivity contribution in [1.29, 1.82) is 0 Å². The fourth-order valence-corrected chi connectivity index (χ4v) is 2.25. The van der Waals surface area contributed by atoms with Gasteiger partial charge in [0.2, 0.25) is 0 Å². The van der Waals surface area contributed by atoms with Crippen LogP contribution in [0.4, 0.5) is 5.69 Å². The Morgan fingerprint density at radius 2 is 1.78 bits per heavy atom. The summed E-state index contributed by atoms with van der Waals surface area (Å²) in [6.45, 7) is 2.13. The first kappa shape index (κ1) is 16.8. The predicted molar refractivity (Wildman–Crippen MR) is 95.6 cm³/mol. The molecular formula is C20H23NO2. The molecular weight excluding hydrogens is 286 g/mol. The summed E-state index contributed by atoms with van der Waals surface area (Å²) in [7, 11) is 1.62. The monoisotopic (exact) mass is 309 g/mol. The second-order valence-electron chi connectivity index (χ2n) is 5.37. The van der Waals surface area contributed by atoms with E-state index >= 15 is 0 Å². The quantitative estimate of drug-likeness (QED) is 0.738. The summed E-state index contributed by atoms with van der Waals surface area (Å²) in [6.07, 6.45) is 4.79. The summed E-state index contributed by atoms with van der Waals surface area (Å²) >= 11 is 0. The third-order valence-electron chi connectivity index (χ3n) is 3.58. The summed E-state index contributed by atoms with van der Waals surface area (Å²) in [6, 6.07) is 17.3. The highest BCUT2D eigenvalue weighted by atomic mass is 16.5. The molecule has 0 aliphatic rings. The van der Waals surface area contributed by atoms with Crippen LogP contribution in [0.1, 0.15) is 31.7 Å². The molecule has 0 aromatic heterocycles. The lowest BCUT2D eigenvalue weighted by Gasteiger charge is -2.10. The van der Waals surface area contributed by atoms with Crippen molar-refractivity contribution >= 4 is 17.7 Å². The highest BCUT2D eigenvalue weighted by Crippen LogP contribution is 2.18. The maximum atomic E-state index is 12.6. The Hall–Kier alpha value is -2.55. The van der Waals surface area contributed by atoms with Gasteiger partial charge in [0.1, 0.15) is 5.75 Å². The highest BCUT2D eigenvalue weighted by molar-refractivity contribution is 6.06. The van der Waals surface area contributed by atoms with E-state index < -0.39 is 0 Å². The van der Waals surface area contributed by atoms with Crippen molar-refractivity contribution in [3.63, 3.8) is 0 Å². The largest absolute Gasteiger partial charge is 0.497 e. The van der Waals surface area contributed by atoms with Crippen LogP contribution in [0.2, 0.25) is 0 Å². The number of nitrogens with one attached hydrogen (secondary N) is 1. The molecule has 23 heavy (non-hydrogen) atoms. The third kappa shape index (κ3) is 5.29. The maximum Gasteiger partial charge on any atom is 0.251 e. The van der Waals surface area contributed by atoms with Gasteiger partial charge in [-0.2, -0.15) is 0 Å². The maximum absolute atomic E-state index is 12.6. The van der Waals surface area contributed by atoms with E-state index in [2.05, 4.69) is 12.2 Å². The zero-order chi connectivity index (χ0) is 16.5. The number of ether oxygens (including phenoxy) is 1. The van der Waals surface area contributed by atoms with Gasteiger partial charge in [0.15, 0.2) is 0 Å². The number of unbranched alkanes of at least 4 members (excludes halogenated alkanes) is 1. The predicted octanol–water partition coefficient (Wildman–Crippen LogP) is 4.91. The third-order valence-corrected chi connectivity index (χ3v) is 3.58. The van der Waals surface area contributed by atoms with E-state index in [4.69, 9.17) is 4.74 Å². The van der Waals surface area contributed by atoms with E-state index in [0.29, 0.717) is 0 Å². The molecule has 0 saturated heterocycles. The zero-order valence-electron chi connectivity index (χ0n) is 13.7. The van der Waals surface area contributed by atoms with Gasteiger partial charge in [-0.15, -0.1) is 0 Å². The Kier molecular flexibility index (Phi) is 6.42. The van der Waals surface area contributed by atoms with Crippen LogP contribution in [0, 0.1) is 0 Å². The second kappa shape index (κ2) is 8.79. The normalized spacial score (nSPS) is 11.1. The molecule has 0 aliphatic carbocycles. The van der Waals surface area contributed by atoms with Gasteiger partial charge in [0.25, 0.3) is 5.91 Å². The van der Waals surface area contributed by atoms with Crippen molar-refractivity contribution in [2.45, 2.75) is 26.2 Å². The number of carbonyl (C=O) groups is 1. The smallest absolute Gasteiger partial charge is 0.251 e. The van der Waals surface area contributed by atoms with Crippen LogP contribution in [0.15, 0.2) is 60.2 Å².